The third kappa shape index (κ3) is 5.06. The lowest BCUT2D eigenvalue weighted by Gasteiger charge is -2.34. The number of anilines is 1. The van der Waals surface area contributed by atoms with Gasteiger partial charge in [-0.15, -0.1) is 0 Å². The van der Waals surface area contributed by atoms with E-state index in [0.29, 0.717) is 19.6 Å². The lowest BCUT2D eigenvalue weighted by Crippen LogP contribution is -2.44. The zero-order chi connectivity index (χ0) is 20.1. The van der Waals surface area contributed by atoms with Crippen LogP contribution in [0.15, 0.2) is 24.3 Å². The Bertz CT molecular complexity index is 657. The summed E-state index contributed by atoms with van der Waals surface area (Å²) in [6, 6.07) is 8.68. The van der Waals surface area contributed by atoms with Gasteiger partial charge in [-0.05, 0) is 49.8 Å². The largest absolute Gasteiger partial charge is 0.372 e. The molecule has 28 heavy (non-hydrogen) atoms. The maximum Gasteiger partial charge on any atom is 0.225 e. The fourth-order valence-electron chi connectivity index (χ4n) is 4.34. The normalized spacial score (nSPS) is 18.4. The number of hydrogen-bond donors (Lipinski definition) is 0. The Balaban J connectivity index is 1.49. The molecule has 2 heterocycles. The first-order chi connectivity index (χ1) is 13.5. The second-order valence-electron chi connectivity index (χ2n) is 8.66. The van der Waals surface area contributed by atoms with Crippen LogP contribution < -0.4 is 4.90 Å². The van der Waals surface area contributed by atoms with Gasteiger partial charge in [0.25, 0.3) is 0 Å². The second-order valence-corrected chi connectivity index (χ2v) is 8.66. The number of hydrogen-bond acceptors (Lipinski definition) is 3. The smallest absolute Gasteiger partial charge is 0.225 e. The van der Waals surface area contributed by atoms with Crippen molar-refractivity contribution in [2.24, 2.45) is 11.8 Å². The summed E-state index contributed by atoms with van der Waals surface area (Å²) in [5, 5.41) is 0. The molecule has 3 rings (SSSR count). The standard InChI is InChI=1S/C23H35N3O2/c1-18(2)22(27)26-15-11-20(12-16-26)23(28)24(3)17-19-7-9-21(10-8-19)25-13-5-4-6-14-25/h7-10,18,20H,4-6,11-17H2,1-3H3. The summed E-state index contributed by atoms with van der Waals surface area (Å²) >= 11 is 0. The molecule has 0 bridgehead atoms. The molecule has 5 nitrogen and oxygen atoms in total. The number of carbonyl (C=O) groups is 2. The van der Waals surface area contributed by atoms with Gasteiger partial charge in [0.15, 0.2) is 0 Å². The summed E-state index contributed by atoms with van der Waals surface area (Å²) in [5.41, 5.74) is 2.46. The molecule has 2 fully saturated rings. The van der Waals surface area contributed by atoms with Crippen LogP contribution in [0.2, 0.25) is 0 Å². The fourth-order valence-corrected chi connectivity index (χ4v) is 4.34. The maximum absolute atomic E-state index is 12.8. The molecule has 2 saturated heterocycles. The van der Waals surface area contributed by atoms with Crippen LogP contribution in [0.4, 0.5) is 5.69 Å². The van der Waals surface area contributed by atoms with Crippen LogP contribution in [0.25, 0.3) is 0 Å². The van der Waals surface area contributed by atoms with E-state index in [1.165, 1.54) is 30.5 Å². The van der Waals surface area contributed by atoms with E-state index in [9.17, 15) is 9.59 Å². The lowest BCUT2D eigenvalue weighted by molar-refractivity contribution is -0.141. The molecule has 1 aromatic carbocycles. The van der Waals surface area contributed by atoms with E-state index >= 15 is 0 Å². The Hall–Kier alpha value is -2.04. The van der Waals surface area contributed by atoms with Gasteiger partial charge in [-0.3, -0.25) is 9.59 Å². The zero-order valence-corrected chi connectivity index (χ0v) is 17.7. The molecule has 0 saturated carbocycles. The van der Waals surface area contributed by atoms with Gasteiger partial charge in [-0.2, -0.15) is 0 Å². The van der Waals surface area contributed by atoms with Crippen molar-refractivity contribution in [1.82, 2.24) is 9.80 Å². The molecule has 0 atom stereocenters. The number of piperidine rings is 2. The van der Waals surface area contributed by atoms with Gasteiger partial charge in [0.05, 0.1) is 0 Å². The van der Waals surface area contributed by atoms with Crippen molar-refractivity contribution >= 4 is 17.5 Å². The Kier molecular flexibility index (Phi) is 6.97. The molecular weight excluding hydrogens is 350 g/mol. The molecule has 5 heteroatoms. The third-order valence-corrected chi connectivity index (χ3v) is 6.10. The van der Waals surface area contributed by atoms with Crippen molar-refractivity contribution in [3.05, 3.63) is 29.8 Å². The molecule has 0 unspecified atom stereocenters. The molecule has 0 aromatic heterocycles. The maximum atomic E-state index is 12.8. The SMILES string of the molecule is CC(C)C(=O)N1CCC(C(=O)N(C)Cc2ccc(N3CCCCC3)cc2)CC1. The van der Waals surface area contributed by atoms with Crippen molar-refractivity contribution in [1.29, 1.82) is 0 Å². The summed E-state index contributed by atoms with van der Waals surface area (Å²) in [4.78, 5) is 31.2. The van der Waals surface area contributed by atoms with E-state index in [-0.39, 0.29) is 23.7 Å². The lowest BCUT2D eigenvalue weighted by atomic mass is 9.94. The number of nitrogens with zero attached hydrogens (tertiary/aromatic N) is 3. The van der Waals surface area contributed by atoms with Gasteiger partial charge in [0.2, 0.25) is 11.8 Å². The van der Waals surface area contributed by atoms with Crippen LogP contribution in [0.1, 0.15) is 51.5 Å². The number of amides is 2. The molecule has 1 aromatic rings. The first-order valence-corrected chi connectivity index (χ1v) is 10.8. The van der Waals surface area contributed by atoms with Crippen LogP contribution in [-0.4, -0.2) is 54.8 Å². The quantitative estimate of drug-likeness (QED) is 0.779. The zero-order valence-electron chi connectivity index (χ0n) is 17.7. The average molecular weight is 386 g/mol. The monoisotopic (exact) mass is 385 g/mol. The molecule has 2 aliphatic rings. The van der Waals surface area contributed by atoms with Crippen LogP contribution in [-0.2, 0) is 16.1 Å². The summed E-state index contributed by atoms with van der Waals surface area (Å²) in [5.74, 6) is 0.474. The van der Waals surface area contributed by atoms with Crippen LogP contribution in [0.3, 0.4) is 0 Å². The van der Waals surface area contributed by atoms with Gasteiger partial charge in [0.1, 0.15) is 0 Å². The van der Waals surface area contributed by atoms with Gasteiger partial charge >= 0.3 is 0 Å². The summed E-state index contributed by atoms with van der Waals surface area (Å²) in [7, 11) is 1.90. The molecule has 154 valence electrons. The Morgan fingerprint density at radius 1 is 1.00 bits per heavy atom. The van der Waals surface area contributed by atoms with E-state index in [2.05, 4.69) is 29.2 Å². The molecule has 0 spiro atoms. The molecule has 0 N–H and O–H groups in total. The number of rotatable bonds is 5. The molecule has 2 amide bonds. The first-order valence-electron chi connectivity index (χ1n) is 10.8. The Morgan fingerprint density at radius 3 is 2.18 bits per heavy atom. The number of benzene rings is 1. The minimum absolute atomic E-state index is 0.0304. The summed E-state index contributed by atoms with van der Waals surface area (Å²) in [6.07, 6.45) is 5.44. The molecule has 0 aliphatic carbocycles. The van der Waals surface area contributed by atoms with E-state index in [1.54, 1.807) is 0 Å². The second kappa shape index (κ2) is 9.44. The van der Waals surface area contributed by atoms with E-state index < -0.39 is 0 Å². The van der Waals surface area contributed by atoms with Crippen molar-refractivity contribution < 1.29 is 9.59 Å². The predicted molar refractivity (Wildman–Crippen MR) is 113 cm³/mol. The van der Waals surface area contributed by atoms with Crippen molar-refractivity contribution in [2.45, 2.75) is 52.5 Å². The van der Waals surface area contributed by atoms with Gasteiger partial charge in [-0.25, -0.2) is 0 Å². The number of likely N-dealkylation sites (tertiary alicyclic amines) is 1. The summed E-state index contributed by atoms with van der Waals surface area (Å²) < 4.78 is 0. The fraction of sp³-hybridized carbons (Fsp3) is 0.652. The van der Waals surface area contributed by atoms with Crippen LogP contribution in [0, 0.1) is 11.8 Å². The summed E-state index contributed by atoms with van der Waals surface area (Å²) in [6.45, 7) is 8.21. The minimum Gasteiger partial charge on any atom is -0.372 e. The highest BCUT2D eigenvalue weighted by atomic mass is 16.2. The van der Waals surface area contributed by atoms with Crippen LogP contribution in [0.5, 0.6) is 0 Å². The van der Waals surface area contributed by atoms with Crippen LogP contribution >= 0.6 is 0 Å². The van der Waals surface area contributed by atoms with Gasteiger partial charge in [-0.1, -0.05) is 26.0 Å². The highest BCUT2D eigenvalue weighted by molar-refractivity contribution is 5.80. The van der Waals surface area contributed by atoms with Crippen molar-refractivity contribution in [2.75, 3.05) is 38.1 Å². The van der Waals surface area contributed by atoms with E-state index in [1.807, 2.05) is 30.7 Å². The molecule has 2 aliphatic heterocycles. The van der Waals surface area contributed by atoms with Crippen molar-refractivity contribution in [3.63, 3.8) is 0 Å². The average Bonchev–Trinajstić information content (AvgIpc) is 2.74. The third-order valence-electron chi connectivity index (χ3n) is 6.10. The Morgan fingerprint density at radius 2 is 1.61 bits per heavy atom. The topological polar surface area (TPSA) is 43.9 Å². The predicted octanol–water partition coefficient (Wildman–Crippen LogP) is 3.53. The van der Waals surface area contributed by atoms with Crippen molar-refractivity contribution in [3.8, 4) is 0 Å². The van der Waals surface area contributed by atoms with E-state index in [0.717, 1.165) is 25.9 Å². The van der Waals surface area contributed by atoms with E-state index in [4.69, 9.17) is 0 Å². The highest BCUT2D eigenvalue weighted by Gasteiger charge is 2.29. The van der Waals surface area contributed by atoms with Gasteiger partial charge in [0, 0.05) is 57.3 Å². The molecular formula is C23H35N3O2. The molecule has 0 radical (unpaired) electrons. The Labute approximate surface area is 169 Å². The highest BCUT2D eigenvalue weighted by Crippen LogP contribution is 2.23. The first kappa shape index (κ1) is 20.7. The van der Waals surface area contributed by atoms with Gasteiger partial charge < -0.3 is 14.7 Å². The minimum atomic E-state index is 0.0304. The number of carbonyl (C=O) groups excluding carboxylic acids is 2.